The Bertz CT molecular complexity index is 609. The number of hydrogen-bond acceptors (Lipinski definition) is 2. The summed E-state index contributed by atoms with van der Waals surface area (Å²) in [6, 6.07) is 20.0. The molecule has 1 fully saturated rings. The zero-order chi connectivity index (χ0) is 15.9. The predicted molar refractivity (Wildman–Crippen MR) is 93.5 cm³/mol. The van der Waals surface area contributed by atoms with Crippen LogP contribution in [-0.4, -0.2) is 30.6 Å². The van der Waals surface area contributed by atoms with Crippen molar-refractivity contribution in [3.8, 4) is 0 Å². The van der Waals surface area contributed by atoms with E-state index in [0.717, 1.165) is 18.8 Å². The highest BCUT2D eigenvalue weighted by Crippen LogP contribution is 2.24. The molecule has 1 aliphatic rings. The molecule has 0 radical (unpaired) electrons. The van der Waals surface area contributed by atoms with Gasteiger partial charge in [0.2, 0.25) is 0 Å². The molecule has 0 aromatic heterocycles. The molecule has 0 aliphatic carbocycles. The third-order valence-electron chi connectivity index (χ3n) is 4.25. The summed E-state index contributed by atoms with van der Waals surface area (Å²) in [6.07, 6.45) is 2.47. The maximum Gasteiger partial charge on any atom is 0.319 e. The number of amides is 2. The first-order chi connectivity index (χ1) is 11.3. The molecule has 4 nitrogen and oxygen atoms in total. The van der Waals surface area contributed by atoms with E-state index < -0.39 is 0 Å². The summed E-state index contributed by atoms with van der Waals surface area (Å²) in [6.45, 7) is 2.81. The van der Waals surface area contributed by atoms with E-state index in [1.807, 2.05) is 36.4 Å². The molecule has 1 aliphatic heterocycles. The van der Waals surface area contributed by atoms with Gasteiger partial charge in [-0.2, -0.15) is 0 Å². The van der Waals surface area contributed by atoms with Gasteiger partial charge in [-0.3, -0.25) is 4.90 Å². The number of hydrogen-bond donors (Lipinski definition) is 2. The molecule has 23 heavy (non-hydrogen) atoms. The Labute approximate surface area is 137 Å². The summed E-state index contributed by atoms with van der Waals surface area (Å²) in [5.41, 5.74) is 2.07. The van der Waals surface area contributed by atoms with Gasteiger partial charge in [-0.15, -0.1) is 0 Å². The van der Waals surface area contributed by atoms with Gasteiger partial charge >= 0.3 is 6.03 Å². The van der Waals surface area contributed by atoms with Gasteiger partial charge in [0, 0.05) is 12.2 Å². The van der Waals surface area contributed by atoms with Gasteiger partial charge in [0.1, 0.15) is 0 Å². The average Bonchev–Trinajstić information content (AvgIpc) is 3.11. The molecule has 2 aromatic carbocycles. The summed E-state index contributed by atoms with van der Waals surface area (Å²) in [4.78, 5) is 14.6. The first-order valence-corrected chi connectivity index (χ1v) is 8.22. The van der Waals surface area contributed by atoms with Gasteiger partial charge in [0.15, 0.2) is 0 Å². The van der Waals surface area contributed by atoms with Crippen molar-refractivity contribution in [3.63, 3.8) is 0 Å². The van der Waals surface area contributed by atoms with Crippen LogP contribution in [0.15, 0.2) is 60.7 Å². The van der Waals surface area contributed by atoms with Gasteiger partial charge in [0.05, 0.1) is 6.04 Å². The van der Waals surface area contributed by atoms with E-state index in [2.05, 4.69) is 39.8 Å². The van der Waals surface area contributed by atoms with Crippen LogP contribution < -0.4 is 10.6 Å². The average molecular weight is 309 g/mol. The molecule has 3 rings (SSSR count). The Balaban J connectivity index is 1.61. The first-order valence-electron chi connectivity index (χ1n) is 8.22. The fraction of sp³-hybridized carbons (Fsp3) is 0.316. The van der Waals surface area contributed by atoms with Crippen molar-refractivity contribution < 1.29 is 4.79 Å². The van der Waals surface area contributed by atoms with E-state index in [1.165, 1.54) is 18.4 Å². The lowest BCUT2D eigenvalue weighted by atomic mass is 10.1. The first kappa shape index (κ1) is 15.6. The highest BCUT2D eigenvalue weighted by atomic mass is 16.2. The van der Waals surface area contributed by atoms with Crippen LogP contribution >= 0.6 is 0 Å². The standard InChI is InChI=1S/C19H23N3O/c23-19(21-17-11-5-2-6-12-17)20-15-18(22-13-7-8-14-22)16-9-3-1-4-10-16/h1-6,9-12,18H,7-8,13-15H2,(H2,20,21,23). The highest BCUT2D eigenvalue weighted by molar-refractivity contribution is 5.89. The summed E-state index contributed by atoms with van der Waals surface area (Å²) in [5, 5.41) is 5.89. The van der Waals surface area contributed by atoms with Crippen LogP contribution in [0, 0.1) is 0 Å². The molecule has 0 spiro atoms. The zero-order valence-corrected chi connectivity index (χ0v) is 13.2. The number of carbonyl (C=O) groups excluding carboxylic acids is 1. The topological polar surface area (TPSA) is 44.4 Å². The molecule has 2 aromatic rings. The van der Waals surface area contributed by atoms with Gasteiger partial charge in [-0.25, -0.2) is 4.79 Å². The zero-order valence-electron chi connectivity index (χ0n) is 13.2. The normalized spacial score (nSPS) is 16.0. The van der Waals surface area contributed by atoms with E-state index in [4.69, 9.17) is 0 Å². The van der Waals surface area contributed by atoms with E-state index in [1.54, 1.807) is 0 Å². The van der Waals surface area contributed by atoms with Crippen molar-refractivity contribution in [2.24, 2.45) is 0 Å². The Morgan fingerprint density at radius 2 is 1.57 bits per heavy atom. The Kier molecular flexibility index (Phi) is 5.27. The fourth-order valence-corrected chi connectivity index (χ4v) is 3.07. The maximum absolute atomic E-state index is 12.1. The number of likely N-dealkylation sites (tertiary alicyclic amines) is 1. The SMILES string of the molecule is O=C(NCC(c1ccccc1)N1CCCC1)Nc1ccccc1. The number of benzene rings is 2. The number of anilines is 1. The summed E-state index contributed by atoms with van der Waals surface area (Å²) >= 11 is 0. The molecule has 4 heteroatoms. The van der Waals surface area contributed by atoms with Crippen LogP contribution in [0.3, 0.4) is 0 Å². The van der Waals surface area contributed by atoms with Crippen molar-refractivity contribution in [1.29, 1.82) is 0 Å². The lowest BCUT2D eigenvalue weighted by molar-refractivity contribution is 0.227. The van der Waals surface area contributed by atoms with Gasteiger partial charge in [-0.05, 0) is 43.6 Å². The van der Waals surface area contributed by atoms with Crippen molar-refractivity contribution in [1.82, 2.24) is 10.2 Å². The fourth-order valence-electron chi connectivity index (χ4n) is 3.07. The van der Waals surface area contributed by atoms with Crippen LogP contribution in [0.25, 0.3) is 0 Å². The van der Waals surface area contributed by atoms with Gasteiger partial charge in [-0.1, -0.05) is 48.5 Å². The minimum atomic E-state index is -0.156. The van der Waals surface area contributed by atoms with Gasteiger partial charge in [0.25, 0.3) is 0 Å². The van der Waals surface area contributed by atoms with E-state index in [0.29, 0.717) is 6.54 Å². The van der Waals surface area contributed by atoms with Crippen LogP contribution in [-0.2, 0) is 0 Å². The summed E-state index contributed by atoms with van der Waals surface area (Å²) < 4.78 is 0. The quantitative estimate of drug-likeness (QED) is 0.885. The summed E-state index contributed by atoms with van der Waals surface area (Å²) in [5.74, 6) is 0. The molecule has 1 atom stereocenters. The molecule has 1 unspecified atom stereocenters. The molecule has 2 amide bonds. The molecular formula is C19H23N3O. The molecule has 120 valence electrons. The Morgan fingerprint density at radius 1 is 0.957 bits per heavy atom. The largest absolute Gasteiger partial charge is 0.336 e. The van der Waals surface area contributed by atoms with Crippen molar-refractivity contribution in [3.05, 3.63) is 66.2 Å². The molecule has 2 N–H and O–H groups in total. The highest BCUT2D eigenvalue weighted by Gasteiger charge is 2.23. The minimum Gasteiger partial charge on any atom is -0.336 e. The number of para-hydroxylation sites is 1. The molecular weight excluding hydrogens is 286 g/mol. The predicted octanol–water partition coefficient (Wildman–Crippen LogP) is 3.65. The maximum atomic E-state index is 12.1. The number of rotatable bonds is 5. The molecule has 0 bridgehead atoms. The second kappa shape index (κ2) is 7.79. The monoisotopic (exact) mass is 309 g/mol. The van der Waals surface area contributed by atoms with Crippen molar-refractivity contribution >= 4 is 11.7 Å². The second-order valence-electron chi connectivity index (χ2n) is 5.87. The third-order valence-corrected chi connectivity index (χ3v) is 4.25. The van der Waals surface area contributed by atoms with Crippen LogP contribution in [0.2, 0.25) is 0 Å². The van der Waals surface area contributed by atoms with Crippen LogP contribution in [0.1, 0.15) is 24.4 Å². The second-order valence-corrected chi connectivity index (χ2v) is 5.87. The van der Waals surface area contributed by atoms with E-state index in [9.17, 15) is 4.79 Å². The Morgan fingerprint density at radius 3 is 2.22 bits per heavy atom. The van der Waals surface area contributed by atoms with E-state index >= 15 is 0 Å². The van der Waals surface area contributed by atoms with Crippen LogP contribution in [0.5, 0.6) is 0 Å². The molecule has 0 saturated carbocycles. The number of carbonyl (C=O) groups is 1. The molecule has 1 heterocycles. The minimum absolute atomic E-state index is 0.156. The lowest BCUT2D eigenvalue weighted by Crippen LogP contribution is -2.38. The number of nitrogens with zero attached hydrogens (tertiary/aromatic N) is 1. The molecule has 1 saturated heterocycles. The Hall–Kier alpha value is -2.33. The van der Waals surface area contributed by atoms with E-state index in [-0.39, 0.29) is 12.1 Å². The number of nitrogens with one attached hydrogen (secondary N) is 2. The smallest absolute Gasteiger partial charge is 0.319 e. The van der Waals surface area contributed by atoms with Crippen molar-refractivity contribution in [2.45, 2.75) is 18.9 Å². The van der Waals surface area contributed by atoms with Crippen molar-refractivity contribution in [2.75, 3.05) is 25.0 Å². The summed E-state index contributed by atoms with van der Waals surface area (Å²) in [7, 11) is 0. The third kappa shape index (κ3) is 4.33. The van der Waals surface area contributed by atoms with Gasteiger partial charge < -0.3 is 10.6 Å². The lowest BCUT2D eigenvalue weighted by Gasteiger charge is -2.28. The van der Waals surface area contributed by atoms with Crippen LogP contribution in [0.4, 0.5) is 10.5 Å². The number of urea groups is 1.